The van der Waals surface area contributed by atoms with E-state index in [-0.39, 0.29) is 5.56 Å². The summed E-state index contributed by atoms with van der Waals surface area (Å²) >= 11 is 0. The number of carbonyl (C=O) groups is 1. The number of aromatic carboxylic acids is 1. The molecule has 1 aromatic rings. The van der Waals surface area contributed by atoms with E-state index < -0.39 is 5.97 Å². The minimum atomic E-state index is -0.944. The van der Waals surface area contributed by atoms with Crippen molar-refractivity contribution in [3.63, 3.8) is 0 Å². The van der Waals surface area contributed by atoms with Crippen molar-refractivity contribution in [2.75, 3.05) is 20.2 Å². The quantitative estimate of drug-likeness (QED) is 0.839. The molecule has 1 N–H and O–H groups in total. The molecule has 1 fully saturated rings. The second-order valence-electron chi connectivity index (χ2n) is 4.87. The van der Waals surface area contributed by atoms with Crippen LogP contribution in [0.15, 0.2) is 18.2 Å². The van der Waals surface area contributed by atoms with Gasteiger partial charge in [-0.3, -0.25) is 0 Å². The zero-order chi connectivity index (χ0) is 13.1. The van der Waals surface area contributed by atoms with Crippen molar-refractivity contribution >= 4 is 5.97 Å². The Labute approximate surface area is 107 Å². The number of nitrogens with zero attached hydrogens (tertiary/aromatic N) is 1. The predicted molar refractivity (Wildman–Crippen MR) is 69.3 cm³/mol. The number of hydrogen-bond donors (Lipinski definition) is 1. The van der Waals surface area contributed by atoms with Crippen LogP contribution in [0.2, 0.25) is 0 Å². The molecule has 18 heavy (non-hydrogen) atoms. The number of aryl methyl sites for hydroxylation is 1. The molecule has 1 aliphatic rings. The molecule has 0 unspecified atom stereocenters. The van der Waals surface area contributed by atoms with E-state index in [1.165, 1.54) is 12.8 Å². The smallest absolute Gasteiger partial charge is 0.339 e. The second-order valence-corrected chi connectivity index (χ2v) is 4.87. The van der Waals surface area contributed by atoms with Crippen molar-refractivity contribution in [3.8, 4) is 5.75 Å². The standard InChI is InChI=1S/C14H19NO3/c1-10-3-6-12(14(16)17)13(9-10)18-8-7-15(2)11-4-5-11/h3,6,9,11H,4-5,7-8H2,1-2H3,(H,16,17). The second kappa shape index (κ2) is 5.40. The van der Waals surface area contributed by atoms with Gasteiger partial charge in [0.15, 0.2) is 0 Å². The molecule has 4 heteroatoms. The Morgan fingerprint density at radius 2 is 2.22 bits per heavy atom. The lowest BCUT2D eigenvalue weighted by Crippen LogP contribution is -2.26. The van der Waals surface area contributed by atoms with Crippen molar-refractivity contribution in [1.82, 2.24) is 4.90 Å². The predicted octanol–water partition coefficient (Wildman–Crippen LogP) is 2.17. The Bertz CT molecular complexity index is 441. The summed E-state index contributed by atoms with van der Waals surface area (Å²) < 4.78 is 5.61. The van der Waals surface area contributed by atoms with Crippen LogP contribution in [-0.2, 0) is 0 Å². The van der Waals surface area contributed by atoms with Crippen LogP contribution in [0.1, 0.15) is 28.8 Å². The van der Waals surface area contributed by atoms with E-state index in [0.29, 0.717) is 18.4 Å². The molecule has 4 nitrogen and oxygen atoms in total. The molecule has 0 amide bonds. The first-order valence-electron chi connectivity index (χ1n) is 6.25. The van der Waals surface area contributed by atoms with Crippen LogP contribution in [0.5, 0.6) is 5.75 Å². The Morgan fingerprint density at radius 1 is 1.50 bits per heavy atom. The number of carboxylic acid groups (broad SMARTS) is 1. The molecule has 98 valence electrons. The first kappa shape index (κ1) is 12.9. The number of benzene rings is 1. The Morgan fingerprint density at radius 3 is 2.83 bits per heavy atom. The van der Waals surface area contributed by atoms with E-state index in [4.69, 9.17) is 9.84 Å². The zero-order valence-corrected chi connectivity index (χ0v) is 10.8. The summed E-state index contributed by atoms with van der Waals surface area (Å²) in [5.41, 5.74) is 1.24. The number of carboxylic acids is 1. The maximum Gasteiger partial charge on any atom is 0.339 e. The van der Waals surface area contributed by atoms with Crippen LogP contribution < -0.4 is 4.74 Å². The minimum Gasteiger partial charge on any atom is -0.491 e. The SMILES string of the molecule is Cc1ccc(C(=O)O)c(OCCN(C)C2CC2)c1. The maximum atomic E-state index is 11.1. The Hall–Kier alpha value is -1.55. The highest BCUT2D eigenvalue weighted by Crippen LogP contribution is 2.25. The molecule has 0 spiro atoms. The van der Waals surface area contributed by atoms with Gasteiger partial charge in [0.05, 0.1) is 0 Å². The first-order chi connectivity index (χ1) is 8.58. The van der Waals surface area contributed by atoms with E-state index in [1.54, 1.807) is 18.2 Å². The number of likely N-dealkylation sites (N-methyl/N-ethyl adjacent to an activating group) is 1. The van der Waals surface area contributed by atoms with Crippen LogP contribution in [0.25, 0.3) is 0 Å². The zero-order valence-electron chi connectivity index (χ0n) is 10.8. The average Bonchev–Trinajstić information content (AvgIpc) is 3.12. The van der Waals surface area contributed by atoms with Crippen LogP contribution in [0.4, 0.5) is 0 Å². The molecular formula is C14H19NO3. The van der Waals surface area contributed by atoms with Gasteiger partial charge in [0.1, 0.15) is 17.9 Å². The summed E-state index contributed by atoms with van der Waals surface area (Å²) in [5, 5.41) is 9.07. The van der Waals surface area contributed by atoms with Gasteiger partial charge >= 0.3 is 5.97 Å². The molecule has 0 bridgehead atoms. The Kier molecular flexibility index (Phi) is 3.87. The summed E-state index contributed by atoms with van der Waals surface area (Å²) in [4.78, 5) is 13.3. The van der Waals surface area contributed by atoms with Gasteiger partial charge in [-0.05, 0) is 44.5 Å². The van der Waals surface area contributed by atoms with Crippen molar-refractivity contribution in [2.45, 2.75) is 25.8 Å². The number of hydrogen-bond acceptors (Lipinski definition) is 3. The summed E-state index contributed by atoms with van der Waals surface area (Å²) in [6, 6.07) is 5.86. The van der Waals surface area contributed by atoms with Crippen molar-refractivity contribution in [3.05, 3.63) is 29.3 Å². The highest BCUT2D eigenvalue weighted by atomic mass is 16.5. The highest BCUT2D eigenvalue weighted by molar-refractivity contribution is 5.90. The van der Waals surface area contributed by atoms with Gasteiger partial charge < -0.3 is 14.7 Å². The first-order valence-corrected chi connectivity index (χ1v) is 6.25. The molecule has 0 aromatic heterocycles. The summed E-state index contributed by atoms with van der Waals surface area (Å²) in [6.45, 7) is 3.28. The summed E-state index contributed by atoms with van der Waals surface area (Å²) in [5.74, 6) is -0.479. The van der Waals surface area contributed by atoms with E-state index in [1.807, 2.05) is 6.92 Å². The molecule has 2 rings (SSSR count). The lowest BCUT2D eigenvalue weighted by atomic mass is 10.1. The molecule has 0 heterocycles. The van der Waals surface area contributed by atoms with Crippen LogP contribution >= 0.6 is 0 Å². The van der Waals surface area contributed by atoms with Gasteiger partial charge in [0.25, 0.3) is 0 Å². The van der Waals surface area contributed by atoms with Crippen LogP contribution in [0.3, 0.4) is 0 Å². The summed E-state index contributed by atoms with van der Waals surface area (Å²) in [7, 11) is 2.08. The van der Waals surface area contributed by atoms with Gasteiger partial charge in [-0.2, -0.15) is 0 Å². The third-order valence-electron chi connectivity index (χ3n) is 3.24. The molecule has 0 aliphatic heterocycles. The Balaban J connectivity index is 1.94. The summed E-state index contributed by atoms with van der Waals surface area (Å²) in [6.07, 6.45) is 2.53. The van der Waals surface area contributed by atoms with Gasteiger partial charge in [-0.25, -0.2) is 4.79 Å². The number of rotatable bonds is 6. The molecule has 1 saturated carbocycles. The largest absolute Gasteiger partial charge is 0.491 e. The van der Waals surface area contributed by atoms with Crippen LogP contribution in [-0.4, -0.2) is 42.2 Å². The van der Waals surface area contributed by atoms with E-state index >= 15 is 0 Å². The fourth-order valence-electron chi connectivity index (χ4n) is 1.92. The number of ether oxygens (including phenoxy) is 1. The van der Waals surface area contributed by atoms with Crippen molar-refractivity contribution in [2.24, 2.45) is 0 Å². The normalized spacial score (nSPS) is 14.8. The monoisotopic (exact) mass is 249 g/mol. The van der Waals surface area contributed by atoms with Gasteiger partial charge in [-0.1, -0.05) is 6.07 Å². The van der Waals surface area contributed by atoms with Crippen LogP contribution in [0, 0.1) is 6.92 Å². The van der Waals surface area contributed by atoms with Gasteiger partial charge in [0.2, 0.25) is 0 Å². The van der Waals surface area contributed by atoms with Crippen molar-refractivity contribution < 1.29 is 14.6 Å². The van der Waals surface area contributed by atoms with E-state index in [9.17, 15) is 4.79 Å². The fourth-order valence-corrected chi connectivity index (χ4v) is 1.92. The molecule has 0 saturated heterocycles. The van der Waals surface area contributed by atoms with E-state index in [0.717, 1.165) is 12.1 Å². The lowest BCUT2D eigenvalue weighted by Gasteiger charge is -2.16. The maximum absolute atomic E-state index is 11.1. The average molecular weight is 249 g/mol. The molecule has 1 aromatic carbocycles. The highest BCUT2D eigenvalue weighted by Gasteiger charge is 2.25. The topological polar surface area (TPSA) is 49.8 Å². The van der Waals surface area contributed by atoms with Gasteiger partial charge in [-0.15, -0.1) is 0 Å². The van der Waals surface area contributed by atoms with Crippen molar-refractivity contribution in [1.29, 1.82) is 0 Å². The molecular weight excluding hydrogens is 230 g/mol. The third kappa shape index (κ3) is 3.23. The lowest BCUT2D eigenvalue weighted by molar-refractivity contribution is 0.0691. The fraction of sp³-hybridized carbons (Fsp3) is 0.500. The molecule has 0 atom stereocenters. The molecule has 0 radical (unpaired) electrons. The molecule has 1 aliphatic carbocycles. The van der Waals surface area contributed by atoms with E-state index in [2.05, 4.69) is 11.9 Å². The third-order valence-corrected chi connectivity index (χ3v) is 3.24. The minimum absolute atomic E-state index is 0.231. The van der Waals surface area contributed by atoms with Gasteiger partial charge in [0, 0.05) is 12.6 Å².